The molecule has 3 rings (SSSR count). The van der Waals surface area contributed by atoms with Crippen molar-refractivity contribution in [3.05, 3.63) is 36.2 Å². The highest BCUT2D eigenvalue weighted by Crippen LogP contribution is 2.26. The number of carboxylic acid groups (broad SMARTS) is 1. The average Bonchev–Trinajstić information content (AvgIpc) is 2.95. The zero-order chi connectivity index (χ0) is 14.8. The number of benzene rings is 1. The van der Waals surface area contributed by atoms with Crippen molar-refractivity contribution < 1.29 is 14.7 Å². The Morgan fingerprint density at radius 2 is 1.90 bits per heavy atom. The van der Waals surface area contributed by atoms with Gasteiger partial charge in [0.25, 0.3) is 5.91 Å². The van der Waals surface area contributed by atoms with Gasteiger partial charge in [0.1, 0.15) is 0 Å². The number of amides is 1. The normalized spacial score (nSPS) is 21.3. The fourth-order valence-electron chi connectivity index (χ4n) is 2.71. The molecule has 1 heterocycles. The van der Waals surface area contributed by atoms with Gasteiger partial charge in [0.15, 0.2) is 0 Å². The molecule has 0 unspecified atom stereocenters. The van der Waals surface area contributed by atoms with Crippen LogP contribution in [0.4, 0.5) is 0 Å². The maximum absolute atomic E-state index is 12.2. The lowest BCUT2D eigenvalue weighted by molar-refractivity contribution is -0.141. The van der Waals surface area contributed by atoms with E-state index in [1.54, 1.807) is 30.6 Å². The van der Waals surface area contributed by atoms with E-state index >= 15 is 0 Å². The van der Waals surface area contributed by atoms with Gasteiger partial charge < -0.3 is 10.4 Å². The number of carbonyl (C=O) groups is 2. The molecule has 1 aliphatic rings. The van der Waals surface area contributed by atoms with Gasteiger partial charge in [0, 0.05) is 24.0 Å². The highest BCUT2D eigenvalue weighted by atomic mass is 16.4. The van der Waals surface area contributed by atoms with Gasteiger partial charge in [-0.15, -0.1) is 0 Å². The first kappa shape index (κ1) is 13.5. The van der Waals surface area contributed by atoms with E-state index in [0.717, 1.165) is 5.52 Å². The minimum Gasteiger partial charge on any atom is -0.481 e. The second-order valence-electron chi connectivity index (χ2n) is 5.28. The highest BCUT2D eigenvalue weighted by molar-refractivity contribution is 5.97. The summed E-state index contributed by atoms with van der Waals surface area (Å²) in [5.41, 5.74) is 1.92. The van der Waals surface area contributed by atoms with Crippen LogP contribution < -0.4 is 5.32 Å². The number of aliphatic carboxylic acids is 1. The lowest BCUT2D eigenvalue weighted by atomic mass is 10.1. The monoisotopic (exact) mass is 285 g/mol. The molecule has 1 aromatic heterocycles. The molecule has 21 heavy (non-hydrogen) atoms. The number of hydrogen-bond acceptors (Lipinski definition) is 4. The van der Waals surface area contributed by atoms with E-state index in [1.165, 1.54) is 0 Å². The fourth-order valence-corrected chi connectivity index (χ4v) is 2.71. The molecule has 1 saturated carbocycles. The van der Waals surface area contributed by atoms with Gasteiger partial charge in [-0.3, -0.25) is 19.6 Å². The fraction of sp³-hybridized carbons (Fsp3) is 0.333. The van der Waals surface area contributed by atoms with Crippen molar-refractivity contribution in [2.24, 2.45) is 5.92 Å². The molecule has 0 saturated heterocycles. The van der Waals surface area contributed by atoms with Crippen molar-refractivity contribution in [2.75, 3.05) is 0 Å². The van der Waals surface area contributed by atoms with Crippen LogP contribution in [0.1, 0.15) is 29.6 Å². The predicted molar refractivity (Wildman–Crippen MR) is 75.8 cm³/mol. The quantitative estimate of drug-likeness (QED) is 0.893. The molecule has 6 heteroatoms. The second kappa shape index (κ2) is 5.47. The van der Waals surface area contributed by atoms with Crippen molar-refractivity contribution in [1.82, 2.24) is 15.3 Å². The van der Waals surface area contributed by atoms with Crippen molar-refractivity contribution >= 4 is 22.9 Å². The molecule has 1 aliphatic carbocycles. The first-order chi connectivity index (χ1) is 10.1. The van der Waals surface area contributed by atoms with Gasteiger partial charge in [-0.05, 0) is 37.5 Å². The van der Waals surface area contributed by atoms with Gasteiger partial charge in [-0.25, -0.2) is 0 Å². The van der Waals surface area contributed by atoms with Crippen LogP contribution in [0.2, 0.25) is 0 Å². The molecule has 0 bridgehead atoms. The highest BCUT2D eigenvalue weighted by Gasteiger charge is 2.30. The van der Waals surface area contributed by atoms with Crippen LogP contribution in [0.15, 0.2) is 30.6 Å². The van der Waals surface area contributed by atoms with Crippen molar-refractivity contribution in [1.29, 1.82) is 0 Å². The van der Waals surface area contributed by atoms with E-state index in [1.807, 2.05) is 0 Å². The number of nitrogens with zero attached hydrogens (tertiary/aromatic N) is 2. The second-order valence-corrected chi connectivity index (χ2v) is 5.28. The Balaban J connectivity index is 1.71. The Morgan fingerprint density at radius 1 is 1.14 bits per heavy atom. The number of fused-ring (bicyclic) bond motifs is 1. The topological polar surface area (TPSA) is 92.2 Å². The SMILES string of the molecule is O=C(N[C@@H]1CC[C@H](C(=O)O)C1)c1ccc2nccnc2c1. The molecule has 2 N–H and O–H groups in total. The van der Waals surface area contributed by atoms with E-state index < -0.39 is 5.97 Å². The molecule has 6 nitrogen and oxygen atoms in total. The van der Waals surface area contributed by atoms with Gasteiger partial charge in [0.05, 0.1) is 17.0 Å². The number of nitrogens with one attached hydrogen (secondary N) is 1. The number of hydrogen-bond donors (Lipinski definition) is 2. The minimum absolute atomic E-state index is 0.0730. The van der Waals surface area contributed by atoms with Crippen LogP contribution in [0.3, 0.4) is 0 Å². The standard InChI is InChI=1S/C15H15N3O3/c19-14(18-11-3-1-10(7-11)15(20)21)9-2-4-12-13(8-9)17-6-5-16-12/h2,4-6,8,10-11H,1,3,7H2,(H,18,19)(H,20,21)/t10-,11+/m0/s1. The summed E-state index contributed by atoms with van der Waals surface area (Å²) in [4.78, 5) is 31.5. The summed E-state index contributed by atoms with van der Waals surface area (Å²) in [6.45, 7) is 0. The molecule has 0 spiro atoms. The molecule has 1 fully saturated rings. The van der Waals surface area contributed by atoms with Crippen molar-refractivity contribution in [3.63, 3.8) is 0 Å². The van der Waals surface area contributed by atoms with Gasteiger partial charge in [0.2, 0.25) is 0 Å². The number of rotatable bonds is 3. The van der Waals surface area contributed by atoms with E-state index in [4.69, 9.17) is 5.11 Å². The van der Waals surface area contributed by atoms with Gasteiger partial charge in [-0.1, -0.05) is 0 Å². The smallest absolute Gasteiger partial charge is 0.306 e. The van der Waals surface area contributed by atoms with E-state index in [2.05, 4.69) is 15.3 Å². The number of aromatic nitrogens is 2. The predicted octanol–water partition coefficient (Wildman–Crippen LogP) is 1.61. The molecule has 108 valence electrons. The Morgan fingerprint density at radius 3 is 2.62 bits per heavy atom. The number of carbonyl (C=O) groups excluding carboxylic acids is 1. The number of carboxylic acids is 1. The molecule has 1 amide bonds. The molecule has 2 aromatic rings. The van der Waals surface area contributed by atoms with E-state index in [9.17, 15) is 9.59 Å². The van der Waals surface area contributed by atoms with Gasteiger partial charge in [-0.2, -0.15) is 0 Å². The lowest BCUT2D eigenvalue weighted by Gasteiger charge is -2.12. The molecule has 0 aliphatic heterocycles. The summed E-state index contributed by atoms with van der Waals surface area (Å²) >= 11 is 0. The summed E-state index contributed by atoms with van der Waals surface area (Å²) in [6.07, 6.45) is 5.00. The van der Waals surface area contributed by atoms with Crippen molar-refractivity contribution in [3.8, 4) is 0 Å². The third-order valence-corrected chi connectivity index (χ3v) is 3.85. The first-order valence-corrected chi connectivity index (χ1v) is 6.88. The van der Waals surface area contributed by atoms with Crippen LogP contribution in [-0.4, -0.2) is 33.0 Å². The largest absolute Gasteiger partial charge is 0.481 e. The lowest BCUT2D eigenvalue weighted by Crippen LogP contribution is -2.33. The van der Waals surface area contributed by atoms with E-state index in [0.29, 0.717) is 30.3 Å². The Labute approximate surface area is 121 Å². The molecular formula is C15H15N3O3. The molecule has 2 atom stereocenters. The third-order valence-electron chi connectivity index (χ3n) is 3.85. The zero-order valence-electron chi connectivity index (χ0n) is 11.3. The van der Waals surface area contributed by atoms with Gasteiger partial charge >= 0.3 is 5.97 Å². The zero-order valence-corrected chi connectivity index (χ0v) is 11.3. The third kappa shape index (κ3) is 2.84. The Hall–Kier alpha value is -2.50. The van der Waals surface area contributed by atoms with Crippen LogP contribution in [0, 0.1) is 5.92 Å². The molecule has 0 radical (unpaired) electrons. The Kier molecular flexibility index (Phi) is 3.51. The first-order valence-electron chi connectivity index (χ1n) is 6.88. The summed E-state index contributed by atoms with van der Waals surface area (Å²) in [5.74, 6) is -1.33. The summed E-state index contributed by atoms with van der Waals surface area (Å²) < 4.78 is 0. The summed E-state index contributed by atoms with van der Waals surface area (Å²) in [6, 6.07) is 5.08. The minimum atomic E-state index is -0.785. The summed E-state index contributed by atoms with van der Waals surface area (Å²) in [5, 5.41) is 11.9. The van der Waals surface area contributed by atoms with Crippen LogP contribution in [0.25, 0.3) is 11.0 Å². The van der Waals surface area contributed by atoms with E-state index in [-0.39, 0.29) is 17.9 Å². The summed E-state index contributed by atoms with van der Waals surface area (Å²) in [7, 11) is 0. The van der Waals surface area contributed by atoms with Crippen LogP contribution in [-0.2, 0) is 4.79 Å². The molecular weight excluding hydrogens is 270 g/mol. The van der Waals surface area contributed by atoms with Crippen LogP contribution in [0.5, 0.6) is 0 Å². The molecule has 1 aromatic carbocycles. The maximum Gasteiger partial charge on any atom is 0.306 e. The average molecular weight is 285 g/mol. The Bertz CT molecular complexity index is 701. The van der Waals surface area contributed by atoms with Crippen molar-refractivity contribution in [2.45, 2.75) is 25.3 Å². The van der Waals surface area contributed by atoms with Crippen LogP contribution >= 0.6 is 0 Å². The maximum atomic E-state index is 12.2.